The minimum Gasteiger partial charge on any atom is -0.478 e. The molecule has 0 spiro atoms. The number of anilines is 1. The van der Waals surface area contributed by atoms with Crippen molar-refractivity contribution in [2.45, 2.75) is 0 Å². The second kappa shape index (κ2) is 3.59. The predicted molar refractivity (Wildman–Crippen MR) is 47.7 cm³/mol. The molecule has 0 heterocycles. The topological polar surface area (TPSA) is 73.1 Å². The van der Waals surface area contributed by atoms with Crippen LogP contribution < -0.4 is 5.32 Å². The molecule has 0 saturated heterocycles. The molecule has 1 aromatic rings. The number of hydrogen-bond donors (Lipinski definition) is 2. The van der Waals surface area contributed by atoms with Crippen LogP contribution in [0.5, 0.6) is 0 Å². The Labute approximate surface area is 75.4 Å². The van der Waals surface area contributed by atoms with Gasteiger partial charge in [-0.3, -0.25) is 0 Å². The number of nitrogens with zero attached hydrogens (tertiary/aromatic N) is 1. The van der Waals surface area contributed by atoms with Gasteiger partial charge in [0.2, 0.25) is 0 Å². The van der Waals surface area contributed by atoms with Crippen molar-refractivity contribution in [1.82, 2.24) is 0 Å². The molecule has 0 aliphatic carbocycles. The maximum absolute atomic E-state index is 10.7. The first-order valence-corrected chi connectivity index (χ1v) is 3.64. The van der Waals surface area contributed by atoms with Crippen molar-refractivity contribution >= 4 is 11.7 Å². The van der Waals surface area contributed by atoms with Gasteiger partial charge in [-0.1, -0.05) is 0 Å². The lowest BCUT2D eigenvalue weighted by Crippen LogP contribution is -2.01. The van der Waals surface area contributed by atoms with Gasteiger partial charge in [0.25, 0.3) is 0 Å². The Bertz CT molecular complexity index is 380. The summed E-state index contributed by atoms with van der Waals surface area (Å²) in [4.78, 5) is 10.7. The van der Waals surface area contributed by atoms with Crippen molar-refractivity contribution in [3.05, 3.63) is 29.3 Å². The number of carbonyl (C=O) groups is 1. The molecule has 0 radical (unpaired) electrons. The molecule has 0 atom stereocenters. The van der Waals surface area contributed by atoms with Gasteiger partial charge in [0.05, 0.1) is 11.1 Å². The Morgan fingerprint density at radius 2 is 2.31 bits per heavy atom. The first kappa shape index (κ1) is 9.07. The number of aromatic carboxylic acids is 1. The zero-order chi connectivity index (χ0) is 9.84. The summed E-state index contributed by atoms with van der Waals surface area (Å²) in [5, 5.41) is 20.1. The summed E-state index contributed by atoms with van der Waals surface area (Å²) in [5.74, 6) is -1.09. The third kappa shape index (κ3) is 1.76. The van der Waals surface area contributed by atoms with E-state index >= 15 is 0 Å². The molecular weight excluding hydrogens is 168 g/mol. The van der Waals surface area contributed by atoms with E-state index in [0.717, 1.165) is 0 Å². The summed E-state index contributed by atoms with van der Waals surface area (Å²) in [6.07, 6.45) is 0. The Morgan fingerprint density at radius 1 is 1.62 bits per heavy atom. The van der Waals surface area contributed by atoms with Crippen LogP contribution in [-0.4, -0.2) is 18.1 Å². The predicted octanol–water partition coefficient (Wildman–Crippen LogP) is 1.30. The van der Waals surface area contributed by atoms with Crippen LogP contribution in [0.2, 0.25) is 0 Å². The summed E-state index contributed by atoms with van der Waals surface area (Å²) < 4.78 is 0. The molecule has 1 aromatic carbocycles. The smallest absolute Gasteiger partial charge is 0.337 e. The molecule has 2 N–H and O–H groups in total. The Hall–Kier alpha value is -2.02. The minimum absolute atomic E-state index is 0.0225. The summed E-state index contributed by atoms with van der Waals surface area (Å²) in [5.41, 5.74) is 0.872. The van der Waals surface area contributed by atoms with Crippen LogP contribution in [0.3, 0.4) is 0 Å². The zero-order valence-corrected chi connectivity index (χ0v) is 7.03. The van der Waals surface area contributed by atoms with Gasteiger partial charge >= 0.3 is 5.97 Å². The number of nitrogens with one attached hydrogen (secondary N) is 1. The molecule has 0 amide bonds. The van der Waals surface area contributed by atoms with E-state index in [2.05, 4.69) is 5.32 Å². The van der Waals surface area contributed by atoms with Gasteiger partial charge in [0.15, 0.2) is 0 Å². The molecule has 0 unspecified atom stereocenters. The summed E-state index contributed by atoms with van der Waals surface area (Å²) >= 11 is 0. The van der Waals surface area contributed by atoms with Crippen LogP contribution in [0.15, 0.2) is 18.2 Å². The molecule has 0 saturated carbocycles. The van der Waals surface area contributed by atoms with Crippen molar-refractivity contribution in [1.29, 1.82) is 5.26 Å². The first-order chi connectivity index (χ1) is 6.19. The SMILES string of the molecule is CNc1ccc(C#N)c(C(=O)O)c1. The lowest BCUT2D eigenvalue weighted by atomic mass is 10.1. The monoisotopic (exact) mass is 176 g/mol. The lowest BCUT2D eigenvalue weighted by Gasteiger charge is -2.02. The number of benzene rings is 1. The molecular formula is C9H8N2O2. The third-order valence-electron chi connectivity index (χ3n) is 1.66. The number of hydrogen-bond acceptors (Lipinski definition) is 3. The van der Waals surface area contributed by atoms with Gasteiger partial charge in [-0.15, -0.1) is 0 Å². The number of carboxylic acid groups (broad SMARTS) is 1. The van der Waals surface area contributed by atoms with Crippen molar-refractivity contribution in [2.24, 2.45) is 0 Å². The average Bonchev–Trinajstić information content (AvgIpc) is 2.16. The van der Waals surface area contributed by atoms with E-state index in [0.29, 0.717) is 5.69 Å². The van der Waals surface area contributed by atoms with E-state index in [1.54, 1.807) is 13.1 Å². The van der Waals surface area contributed by atoms with E-state index < -0.39 is 5.97 Å². The molecule has 0 aliphatic rings. The maximum Gasteiger partial charge on any atom is 0.337 e. The van der Waals surface area contributed by atoms with E-state index in [1.165, 1.54) is 12.1 Å². The van der Waals surface area contributed by atoms with Crippen molar-refractivity contribution in [2.75, 3.05) is 12.4 Å². The van der Waals surface area contributed by atoms with E-state index in [-0.39, 0.29) is 11.1 Å². The Morgan fingerprint density at radius 3 is 2.77 bits per heavy atom. The fraction of sp³-hybridized carbons (Fsp3) is 0.111. The van der Waals surface area contributed by atoms with Crippen LogP contribution in [0.1, 0.15) is 15.9 Å². The molecule has 0 aromatic heterocycles. The molecule has 66 valence electrons. The molecule has 0 aliphatic heterocycles. The minimum atomic E-state index is -1.09. The molecule has 4 nitrogen and oxygen atoms in total. The molecule has 1 rings (SSSR count). The lowest BCUT2D eigenvalue weighted by molar-refractivity contribution is 0.0696. The standard InChI is InChI=1S/C9H8N2O2/c1-11-7-3-2-6(5-10)8(4-7)9(12)13/h2-4,11H,1H3,(H,12,13). The highest BCUT2D eigenvalue weighted by molar-refractivity contribution is 5.91. The van der Waals surface area contributed by atoms with Crippen LogP contribution >= 0.6 is 0 Å². The largest absolute Gasteiger partial charge is 0.478 e. The normalized spacial score (nSPS) is 8.92. The van der Waals surface area contributed by atoms with Gasteiger partial charge in [0, 0.05) is 12.7 Å². The summed E-state index contributed by atoms with van der Waals surface area (Å²) in [7, 11) is 1.69. The molecule has 4 heteroatoms. The Balaban J connectivity index is 3.28. The first-order valence-electron chi connectivity index (χ1n) is 3.64. The van der Waals surface area contributed by atoms with Gasteiger partial charge in [-0.25, -0.2) is 4.79 Å². The fourth-order valence-corrected chi connectivity index (χ4v) is 0.974. The van der Waals surface area contributed by atoms with Gasteiger partial charge in [-0.05, 0) is 18.2 Å². The Kier molecular flexibility index (Phi) is 2.50. The molecule has 0 bridgehead atoms. The van der Waals surface area contributed by atoms with Gasteiger partial charge in [0.1, 0.15) is 6.07 Å². The van der Waals surface area contributed by atoms with E-state index in [4.69, 9.17) is 10.4 Å². The highest BCUT2D eigenvalue weighted by Gasteiger charge is 2.09. The molecule has 0 fully saturated rings. The highest BCUT2D eigenvalue weighted by atomic mass is 16.4. The van der Waals surface area contributed by atoms with Crippen LogP contribution in [-0.2, 0) is 0 Å². The highest BCUT2D eigenvalue weighted by Crippen LogP contribution is 2.14. The van der Waals surface area contributed by atoms with Crippen LogP contribution in [0.4, 0.5) is 5.69 Å². The second-order valence-corrected chi connectivity index (χ2v) is 2.43. The van der Waals surface area contributed by atoms with Gasteiger partial charge in [-0.2, -0.15) is 5.26 Å². The van der Waals surface area contributed by atoms with Crippen molar-refractivity contribution < 1.29 is 9.90 Å². The number of carboxylic acids is 1. The number of nitriles is 1. The summed E-state index contributed by atoms with van der Waals surface area (Å²) in [6, 6.07) is 6.39. The van der Waals surface area contributed by atoms with Gasteiger partial charge < -0.3 is 10.4 Å². The zero-order valence-electron chi connectivity index (χ0n) is 7.03. The van der Waals surface area contributed by atoms with Crippen LogP contribution in [0.25, 0.3) is 0 Å². The average molecular weight is 176 g/mol. The molecule has 13 heavy (non-hydrogen) atoms. The van der Waals surface area contributed by atoms with E-state index in [1.807, 2.05) is 6.07 Å². The quantitative estimate of drug-likeness (QED) is 0.712. The van der Waals surface area contributed by atoms with Crippen LogP contribution in [0, 0.1) is 11.3 Å². The van der Waals surface area contributed by atoms with Crippen molar-refractivity contribution in [3.63, 3.8) is 0 Å². The summed E-state index contributed by atoms with van der Waals surface area (Å²) in [6.45, 7) is 0. The third-order valence-corrected chi connectivity index (χ3v) is 1.66. The van der Waals surface area contributed by atoms with E-state index in [9.17, 15) is 4.79 Å². The van der Waals surface area contributed by atoms with Crippen molar-refractivity contribution in [3.8, 4) is 6.07 Å². The maximum atomic E-state index is 10.7. The second-order valence-electron chi connectivity index (χ2n) is 2.43. The number of rotatable bonds is 2. The fourth-order valence-electron chi connectivity index (χ4n) is 0.974.